The zero-order valence-corrected chi connectivity index (χ0v) is 8.88. The van der Waals surface area contributed by atoms with Crippen LogP contribution in [0.25, 0.3) is 0 Å². The van der Waals surface area contributed by atoms with E-state index in [2.05, 4.69) is 0 Å². The summed E-state index contributed by atoms with van der Waals surface area (Å²) >= 11 is 0. The van der Waals surface area contributed by atoms with Gasteiger partial charge in [0.25, 0.3) is 0 Å². The molecule has 1 saturated carbocycles. The molecule has 0 aromatic carbocycles. The molecular formula is C8H16Cl2O2. The van der Waals surface area contributed by atoms with E-state index in [1.54, 1.807) is 0 Å². The lowest BCUT2D eigenvalue weighted by molar-refractivity contribution is -0.147. The van der Waals surface area contributed by atoms with Crippen LogP contribution >= 0.6 is 24.8 Å². The lowest BCUT2D eigenvalue weighted by Gasteiger charge is -2.20. The molecule has 1 rings (SSSR count). The quantitative estimate of drug-likeness (QED) is 0.628. The molecular weight excluding hydrogens is 199 g/mol. The minimum atomic E-state index is -0.132. The van der Waals surface area contributed by atoms with Gasteiger partial charge in [0, 0.05) is 6.92 Å². The fourth-order valence-corrected chi connectivity index (χ4v) is 1.42. The molecule has 0 heterocycles. The van der Waals surface area contributed by atoms with Crippen LogP contribution in [0.5, 0.6) is 0 Å². The Kier molecular flexibility index (Phi) is 9.33. The predicted molar refractivity (Wildman–Crippen MR) is 53.1 cm³/mol. The molecule has 0 saturated heterocycles. The van der Waals surface area contributed by atoms with Crippen molar-refractivity contribution >= 4 is 30.8 Å². The van der Waals surface area contributed by atoms with Crippen LogP contribution in [0.15, 0.2) is 0 Å². The maximum atomic E-state index is 10.5. The Balaban J connectivity index is 0. The summed E-state index contributed by atoms with van der Waals surface area (Å²) in [6.45, 7) is 1.48. The summed E-state index contributed by atoms with van der Waals surface area (Å²) in [5, 5.41) is 0. The molecule has 4 heteroatoms. The van der Waals surface area contributed by atoms with Crippen LogP contribution in [0.2, 0.25) is 0 Å². The van der Waals surface area contributed by atoms with E-state index in [0.717, 1.165) is 12.8 Å². The highest BCUT2D eigenvalue weighted by Gasteiger charge is 2.14. The largest absolute Gasteiger partial charge is 0.463 e. The van der Waals surface area contributed by atoms with Gasteiger partial charge in [-0.2, -0.15) is 0 Å². The topological polar surface area (TPSA) is 26.3 Å². The fraction of sp³-hybridized carbons (Fsp3) is 0.875. The van der Waals surface area contributed by atoms with Gasteiger partial charge in [0.15, 0.2) is 0 Å². The van der Waals surface area contributed by atoms with Crippen molar-refractivity contribution in [1.82, 2.24) is 0 Å². The number of ether oxygens (including phenoxy) is 1. The third-order valence-corrected chi connectivity index (χ3v) is 1.88. The molecule has 0 aromatic rings. The monoisotopic (exact) mass is 214 g/mol. The van der Waals surface area contributed by atoms with Gasteiger partial charge in [-0.25, -0.2) is 0 Å². The van der Waals surface area contributed by atoms with Crippen molar-refractivity contribution < 1.29 is 9.53 Å². The second-order valence-corrected chi connectivity index (χ2v) is 2.87. The number of halogens is 2. The van der Waals surface area contributed by atoms with Gasteiger partial charge in [-0.3, -0.25) is 4.79 Å². The molecule has 0 spiro atoms. The third kappa shape index (κ3) is 5.67. The highest BCUT2D eigenvalue weighted by Crippen LogP contribution is 2.19. The van der Waals surface area contributed by atoms with Crippen LogP contribution in [0.3, 0.4) is 0 Å². The van der Waals surface area contributed by atoms with E-state index >= 15 is 0 Å². The Bertz CT molecular complexity index is 122. The van der Waals surface area contributed by atoms with Crippen molar-refractivity contribution in [1.29, 1.82) is 0 Å². The first kappa shape index (κ1) is 14.6. The van der Waals surface area contributed by atoms with Gasteiger partial charge in [0.05, 0.1) is 0 Å². The first-order chi connectivity index (χ1) is 4.79. The minimum Gasteiger partial charge on any atom is -0.463 e. The number of hydrogen-bond donors (Lipinski definition) is 0. The van der Waals surface area contributed by atoms with E-state index in [0.29, 0.717) is 0 Å². The Labute approximate surface area is 85.9 Å². The highest BCUT2D eigenvalue weighted by atomic mass is 35.5. The first-order valence-electron chi connectivity index (χ1n) is 3.96. The molecule has 0 N–H and O–H groups in total. The van der Waals surface area contributed by atoms with Crippen LogP contribution in [0.1, 0.15) is 39.0 Å². The molecule has 1 aliphatic carbocycles. The number of esters is 1. The van der Waals surface area contributed by atoms with Crippen molar-refractivity contribution in [2.75, 3.05) is 0 Å². The van der Waals surface area contributed by atoms with E-state index in [-0.39, 0.29) is 36.9 Å². The number of rotatable bonds is 1. The summed E-state index contributed by atoms with van der Waals surface area (Å²) in [6, 6.07) is 0. The van der Waals surface area contributed by atoms with Crippen LogP contribution in [-0.2, 0) is 9.53 Å². The van der Waals surface area contributed by atoms with Crippen LogP contribution in [-0.4, -0.2) is 12.1 Å². The van der Waals surface area contributed by atoms with Gasteiger partial charge in [0.2, 0.25) is 0 Å². The predicted octanol–water partition coefficient (Wildman–Crippen LogP) is 2.73. The van der Waals surface area contributed by atoms with E-state index in [1.807, 2.05) is 0 Å². The Morgan fingerprint density at radius 2 is 1.67 bits per heavy atom. The molecule has 74 valence electrons. The third-order valence-electron chi connectivity index (χ3n) is 1.88. The fourth-order valence-electron chi connectivity index (χ4n) is 1.42. The zero-order chi connectivity index (χ0) is 7.40. The van der Waals surface area contributed by atoms with E-state index in [9.17, 15) is 4.79 Å². The Hall–Kier alpha value is 0.0500. The minimum absolute atomic E-state index is 0. The van der Waals surface area contributed by atoms with Gasteiger partial charge in [-0.15, -0.1) is 24.8 Å². The molecule has 0 atom stereocenters. The molecule has 0 aromatic heterocycles. The summed E-state index contributed by atoms with van der Waals surface area (Å²) in [5.74, 6) is -0.132. The smallest absolute Gasteiger partial charge is 0.302 e. The molecule has 1 fully saturated rings. The van der Waals surface area contributed by atoms with Gasteiger partial charge >= 0.3 is 5.97 Å². The van der Waals surface area contributed by atoms with Gasteiger partial charge in [0.1, 0.15) is 6.10 Å². The molecule has 0 bridgehead atoms. The molecule has 0 amide bonds. The van der Waals surface area contributed by atoms with Crippen molar-refractivity contribution in [3.05, 3.63) is 0 Å². The molecule has 1 aliphatic rings. The van der Waals surface area contributed by atoms with E-state index < -0.39 is 0 Å². The second-order valence-electron chi connectivity index (χ2n) is 2.87. The van der Waals surface area contributed by atoms with Gasteiger partial charge < -0.3 is 4.74 Å². The SMILES string of the molecule is CC(=O)OC1CCCCC1.Cl.Cl. The number of carbonyl (C=O) groups is 1. The van der Waals surface area contributed by atoms with Gasteiger partial charge in [-0.1, -0.05) is 6.42 Å². The van der Waals surface area contributed by atoms with Gasteiger partial charge in [-0.05, 0) is 25.7 Å². The second kappa shape index (κ2) is 7.69. The maximum absolute atomic E-state index is 10.5. The van der Waals surface area contributed by atoms with E-state index in [4.69, 9.17) is 4.74 Å². The van der Waals surface area contributed by atoms with Crippen molar-refractivity contribution in [3.8, 4) is 0 Å². The lowest BCUT2D eigenvalue weighted by Crippen LogP contribution is -2.18. The van der Waals surface area contributed by atoms with Crippen LogP contribution < -0.4 is 0 Å². The van der Waals surface area contributed by atoms with E-state index in [1.165, 1.54) is 26.2 Å². The summed E-state index contributed by atoms with van der Waals surface area (Å²) in [6.07, 6.45) is 6.11. The molecule has 2 nitrogen and oxygen atoms in total. The van der Waals surface area contributed by atoms with Crippen LogP contribution in [0.4, 0.5) is 0 Å². The Morgan fingerprint density at radius 3 is 2.08 bits per heavy atom. The lowest BCUT2D eigenvalue weighted by atomic mass is 9.98. The average molecular weight is 215 g/mol. The molecule has 0 radical (unpaired) electrons. The Morgan fingerprint density at radius 1 is 1.17 bits per heavy atom. The number of hydrogen-bond acceptors (Lipinski definition) is 2. The summed E-state index contributed by atoms with van der Waals surface area (Å²) in [7, 11) is 0. The van der Waals surface area contributed by atoms with Crippen molar-refractivity contribution in [2.45, 2.75) is 45.1 Å². The zero-order valence-electron chi connectivity index (χ0n) is 7.25. The summed E-state index contributed by atoms with van der Waals surface area (Å²) in [5.41, 5.74) is 0. The van der Waals surface area contributed by atoms with Crippen molar-refractivity contribution in [3.63, 3.8) is 0 Å². The molecule has 0 aliphatic heterocycles. The van der Waals surface area contributed by atoms with Crippen LogP contribution in [0, 0.1) is 0 Å². The summed E-state index contributed by atoms with van der Waals surface area (Å²) < 4.78 is 5.05. The highest BCUT2D eigenvalue weighted by molar-refractivity contribution is 5.85. The first-order valence-corrected chi connectivity index (χ1v) is 3.96. The molecule has 0 unspecified atom stereocenters. The average Bonchev–Trinajstić information content (AvgIpc) is 1.88. The normalized spacial score (nSPS) is 17.1. The van der Waals surface area contributed by atoms with Crippen molar-refractivity contribution in [2.24, 2.45) is 0 Å². The standard InChI is InChI=1S/C8H14O2.2ClH/c1-7(9)10-8-5-3-2-4-6-8;;/h8H,2-6H2,1H3;2*1H. The summed E-state index contributed by atoms with van der Waals surface area (Å²) in [4.78, 5) is 10.5. The molecule has 12 heavy (non-hydrogen) atoms. The number of carbonyl (C=O) groups excluding carboxylic acids is 1. The maximum Gasteiger partial charge on any atom is 0.302 e.